The van der Waals surface area contributed by atoms with Crippen molar-refractivity contribution in [2.45, 2.75) is 39.2 Å². The molecule has 0 saturated carbocycles. The van der Waals surface area contributed by atoms with Crippen molar-refractivity contribution in [3.8, 4) is 0 Å². The summed E-state index contributed by atoms with van der Waals surface area (Å²) in [5.74, 6) is -0.185. The third-order valence-electron chi connectivity index (χ3n) is 3.31. The number of aryl methyl sites for hydroxylation is 1. The van der Waals surface area contributed by atoms with E-state index in [0.717, 1.165) is 5.56 Å². The normalized spacial score (nSPS) is 11.4. The molecule has 4 heteroatoms. The Morgan fingerprint density at radius 2 is 2.00 bits per heavy atom. The highest BCUT2D eigenvalue weighted by molar-refractivity contribution is 6.31. The minimum atomic E-state index is -0.822. The summed E-state index contributed by atoms with van der Waals surface area (Å²) in [7, 11) is 0. The second kappa shape index (κ2) is 6.21. The molecule has 0 unspecified atom stereocenters. The van der Waals surface area contributed by atoms with Crippen LogP contribution in [0.4, 0.5) is 0 Å². The quantitative estimate of drug-likeness (QED) is 0.863. The number of carbonyl (C=O) groups is 1. The fourth-order valence-corrected chi connectivity index (χ4v) is 1.75. The standard InChI is InChI=1S/C14H20ClNO2/c1-4-14(18,5-2)9-16-13(17)11-6-7-12(15)10(3)8-11/h6-8,18H,4-5,9H2,1-3H3,(H,16,17). The van der Waals surface area contributed by atoms with E-state index in [0.29, 0.717) is 23.4 Å². The smallest absolute Gasteiger partial charge is 0.251 e. The molecule has 0 heterocycles. The van der Waals surface area contributed by atoms with Gasteiger partial charge < -0.3 is 10.4 Å². The zero-order valence-electron chi connectivity index (χ0n) is 11.1. The maximum Gasteiger partial charge on any atom is 0.251 e. The van der Waals surface area contributed by atoms with Crippen LogP contribution in [0.25, 0.3) is 0 Å². The van der Waals surface area contributed by atoms with Crippen molar-refractivity contribution >= 4 is 17.5 Å². The van der Waals surface area contributed by atoms with Crippen molar-refractivity contribution < 1.29 is 9.90 Å². The van der Waals surface area contributed by atoms with Gasteiger partial charge in [-0.15, -0.1) is 0 Å². The van der Waals surface area contributed by atoms with Gasteiger partial charge in [-0.3, -0.25) is 4.79 Å². The SMILES string of the molecule is CCC(O)(CC)CNC(=O)c1ccc(Cl)c(C)c1. The molecule has 1 aromatic rings. The average Bonchev–Trinajstić information content (AvgIpc) is 2.38. The summed E-state index contributed by atoms with van der Waals surface area (Å²) >= 11 is 5.91. The van der Waals surface area contributed by atoms with Gasteiger partial charge in [0.25, 0.3) is 5.91 Å². The number of hydrogen-bond acceptors (Lipinski definition) is 2. The summed E-state index contributed by atoms with van der Waals surface area (Å²) < 4.78 is 0. The fraction of sp³-hybridized carbons (Fsp3) is 0.500. The lowest BCUT2D eigenvalue weighted by Gasteiger charge is -2.25. The lowest BCUT2D eigenvalue weighted by molar-refractivity contribution is 0.0314. The Labute approximate surface area is 113 Å². The zero-order valence-corrected chi connectivity index (χ0v) is 11.8. The molecule has 0 aromatic heterocycles. The lowest BCUT2D eigenvalue weighted by Crippen LogP contribution is -2.42. The van der Waals surface area contributed by atoms with Gasteiger partial charge in [-0.1, -0.05) is 25.4 Å². The summed E-state index contributed by atoms with van der Waals surface area (Å²) in [5, 5.41) is 13.5. The average molecular weight is 270 g/mol. The molecule has 1 aromatic carbocycles. The Bertz CT molecular complexity index is 428. The van der Waals surface area contributed by atoms with Gasteiger partial charge in [0, 0.05) is 17.1 Å². The summed E-state index contributed by atoms with van der Waals surface area (Å²) in [5.41, 5.74) is 0.606. The number of hydrogen-bond donors (Lipinski definition) is 2. The summed E-state index contributed by atoms with van der Waals surface area (Å²) in [4.78, 5) is 11.9. The van der Waals surface area contributed by atoms with Crippen LogP contribution < -0.4 is 5.32 Å². The molecule has 18 heavy (non-hydrogen) atoms. The number of carbonyl (C=O) groups excluding carboxylic acids is 1. The van der Waals surface area contributed by atoms with Crippen molar-refractivity contribution in [2.24, 2.45) is 0 Å². The largest absolute Gasteiger partial charge is 0.388 e. The van der Waals surface area contributed by atoms with Crippen LogP contribution in [0.5, 0.6) is 0 Å². The number of amides is 1. The van der Waals surface area contributed by atoms with E-state index in [-0.39, 0.29) is 12.5 Å². The molecule has 2 N–H and O–H groups in total. The molecule has 0 saturated heterocycles. The maximum atomic E-state index is 11.9. The molecule has 0 radical (unpaired) electrons. The van der Waals surface area contributed by atoms with E-state index in [1.54, 1.807) is 18.2 Å². The van der Waals surface area contributed by atoms with Crippen LogP contribution in [0.3, 0.4) is 0 Å². The third kappa shape index (κ3) is 3.72. The highest BCUT2D eigenvalue weighted by atomic mass is 35.5. The Kier molecular flexibility index (Phi) is 5.17. The maximum absolute atomic E-state index is 11.9. The van der Waals surface area contributed by atoms with Gasteiger partial charge in [0.05, 0.1) is 5.60 Å². The first-order valence-corrected chi connectivity index (χ1v) is 6.56. The van der Waals surface area contributed by atoms with E-state index in [2.05, 4.69) is 5.32 Å². The Balaban J connectivity index is 2.68. The molecule has 0 spiro atoms. The van der Waals surface area contributed by atoms with Gasteiger partial charge in [-0.25, -0.2) is 0 Å². The van der Waals surface area contributed by atoms with Gasteiger partial charge in [0.15, 0.2) is 0 Å². The minimum Gasteiger partial charge on any atom is -0.388 e. The molecular formula is C14H20ClNO2. The highest BCUT2D eigenvalue weighted by Gasteiger charge is 2.23. The molecular weight excluding hydrogens is 250 g/mol. The molecule has 0 atom stereocenters. The first-order valence-electron chi connectivity index (χ1n) is 6.18. The number of rotatable bonds is 5. The number of aliphatic hydroxyl groups is 1. The fourth-order valence-electron chi connectivity index (χ4n) is 1.63. The van der Waals surface area contributed by atoms with Gasteiger partial charge >= 0.3 is 0 Å². The molecule has 0 aliphatic carbocycles. The van der Waals surface area contributed by atoms with Crippen LogP contribution in [-0.4, -0.2) is 23.2 Å². The van der Waals surface area contributed by atoms with Crippen molar-refractivity contribution in [1.82, 2.24) is 5.32 Å². The Morgan fingerprint density at radius 1 is 1.39 bits per heavy atom. The molecule has 1 amide bonds. The predicted molar refractivity (Wildman–Crippen MR) is 74.1 cm³/mol. The minimum absolute atomic E-state index is 0.185. The predicted octanol–water partition coefficient (Wildman–Crippen LogP) is 2.93. The van der Waals surface area contributed by atoms with Gasteiger partial charge in [0.1, 0.15) is 0 Å². The Morgan fingerprint density at radius 3 is 2.50 bits per heavy atom. The van der Waals surface area contributed by atoms with Crippen molar-refractivity contribution in [3.05, 3.63) is 34.3 Å². The van der Waals surface area contributed by atoms with Crippen LogP contribution in [-0.2, 0) is 0 Å². The molecule has 0 aliphatic heterocycles. The lowest BCUT2D eigenvalue weighted by atomic mass is 9.97. The number of halogens is 1. The van der Waals surface area contributed by atoms with E-state index in [1.165, 1.54) is 0 Å². The van der Waals surface area contributed by atoms with Crippen molar-refractivity contribution in [2.75, 3.05) is 6.54 Å². The first-order chi connectivity index (χ1) is 8.41. The van der Waals surface area contributed by atoms with Crippen LogP contribution >= 0.6 is 11.6 Å². The summed E-state index contributed by atoms with van der Waals surface area (Å²) in [6.07, 6.45) is 1.23. The van der Waals surface area contributed by atoms with E-state index in [9.17, 15) is 9.90 Å². The van der Waals surface area contributed by atoms with Gasteiger partial charge in [0.2, 0.25) is 0 Å². The van der Waals surface area contributed by atoms with Gasteiger partial charge in [-0.05, 0) is 43.5 Å². The summed E-state index contributed by atoms with van der Waals surface area (Å²) in [6, 6.07) is 5.13. The number of benzene rings is 1. The van der Waals surface area contributed by atoms with Crippen LogP contribution in [0.15, 0.2) is 18.2 Å². The number of nitrogens with one attached hydrogen (secondary N) is 1. The third-order valence-corrected chi connectivity index (χ3v) is 3.74. The monoisotopic (exact) mass is 269 g/mol. The van der Waals surface area contributed by atoms with E-state index in [4.69, 9.17) is 11.6 Å². The second-order valence-corrected chi connectivity index (χ2v) is 4.99. The topological polar surface area (TPSA) is 49.3 Å². The van der Waals surface area contributed by atoms with E-state index in [1.807, 2.05) is 20.8 Å². The van der Waals surface area contributed by atoms with E-state index >= 15 is 0 Å². The zero-order chi connectivity index (χ0) is 13.8. The van der Waals surface area contributed by atoms with Crippen molar-refractivity contribution in [3.63, 3.8) is 0 Å². The molecule has 100 valence electrons. The van der Waals surface area contributed by atoms with Crippen molar-refractivity contribution in [1.29, 1.82) is 0 Å². The van der Waals surface area contributed by atoms with E-state index < -0.39 is 5.60 Å². The van der Waals surface area contributed by atoms with Crippen LogP contribution in [0, 0.1) is 6.92 Å². The molecule has 0 fully saturated rings. The van der Waals surface area contributed by atoms with Crippen LogP contribution in [0.2, 0.25) is 5.02 Å². The van der Waals surface area contributed by atoms with Gasteiger partial charge in [-0.2, -0.15) is 0 Å². The molecule has 0 aliphatic rings. The first kappa shape index (κ1) is 15.0. The highest BCUT2D eigenvalue weighted by Crippen LogP contribution is 2.17. The molecule has 1 rings (SSSR count). The second-order valence-electron chi connectivity index (χ2n) is 4.58. The summed E-state index contributed by atoms with van der Waals surface area (Å²) in [6.45, 7) is 5.93. The molecule has 3 nitrogen and oxygen atoms in total. The Hall–Kier alpha value is -1.06. The van der Waals surface area contributed by atoms with Crippen LogP contribution in [0.1, 0.15) is 42.6 Å². The molecule has 0 bridgehead atoms.